The van der Waals surface area contributed by atoms with Gasteiger partial charge in [-0.05, 0) is 43.5 Å². The van der Waals surface area contributed by atoms with Crippen LogP contribution in [0.5, 0.6) is 5.75 Å². The highest BCUT2D eigenvalue weighted by Gasteiger charge is 2.29. The van der Waals surface area contributed by atoms with Gasteiger partial charge in [0.25, 0.3) is 0 Å². The topological polar surface area (TPSA) is 115 Å². The molecule has 162 valence electrons. The normalized spacial score (nSPS) is 16.2. The van der Waals surface area contributed by atoms with E-state index in [1.807, 2.05) is 36.4 Å². The summed E-state index contributed by atoms with van der Waals surface area (Å²) >= 11 is 0.900. The number of thiazole rings is 1. The Labute approximate surface area is 184 Å². The predicted octanol–water partition coefficient (Wildman–Crippen LogP) is 2.77. The second-order valence-corrected chi connectivity index (χ2v) is 10.1. The molecule has 8 nitrogen and oxygen atoms in total. The highest BCUT2D eigenvalue weighted by atomic mass is 32.2. The number of anilines is 1. The third kappa shape index (κ3) is 4.46. The smallest absolute Gasteiger partial charge is 0.249 e. The molecule has 10 heteroatoms. The van der Waals surface area contributed by atoms with Crippen LogP contribution < -0.4 is 14.8 Å². The van der Waals surface area contributed by atoms with Crippen molar-refractivity contribution in [1.29, 1.82) is 0 Å². The quantitative estimate of drug-likeness (QED) is 0.643. The maximum absolute atomic E-state index is 13.2. The third-order valence-electron chi connectivity index (χ3n) is 5.19. The molecule has 4 rings (SSSR count). The van der Waals surface area contributed by atoms with Crippen LogP contribution >= 0.6 is 11.3 Å². The number of hydrogen-bond acceptors (Lipinski definition) is 7. The predicted molar refractivity (Wildman–Crippen MR) is 119 cm³/mol. The first-order chi connectivity index (χ1) is 14.7. The zero-order valence-corrected chi connectivity index (χ0v) is 18.7. The first-order valence-corrected chi connectivity index (χ1v) is 12.1. The number of amides is 1. The van der Waals surface area contributed by atoms with Gasteiger partial charge in [-0.15, -0.1) is 0 Å². The molecule has 1 atom stereocenters. The molecule has 2 N–H and O–H groups in total. The van der Waals surface area contributed by atoms with Crippen LogP contribution in [0.4, 0.5) is 5.13 Å². The van der Waals surface area contributed by atoms with Crippen LogP contribution in [0.25, 0.3) is 11.3 Å². The number of aryl methyl sites for hydroxylation is 1. The summed E-state index contributed by atoms with van der Waals surface area (Å²) in [5, 5.41) is 5.54. The van der Waals surface area contributed by atoms with E-state index in [0.717, 1.165) is 33.9 Å². The van der Waals surface area contributed by atoms with Crippen molar-refractivity contribution in [1.82, 2.24) is 9.97 Å². The lowest BCUT2D eigenvalue weighted by molar-refractivity contribution is -0.122. The van der Waals surface area contributed by atoms with Crippen molar-refractivity contribution < 1.29 is 17.9 Å². The van der Waals surface area contributed by atoms with Crippen molar-refractivity contribution in [3.05, 3.63) is 53.9 Å². The van der Waals surface area contributed by atoms with Crippen molar-refractivity contribution >= 4 is 32.4 Å². The fraction of sp³-hybridized carbons (Fsp3) is 0.286. The summed E-state index contributed by atoms with van der Waals surface area (Å²) in [6, 6.07) is 11.6. The van der Waals surface area contributed by atoms with Crippen LogP contribution in [0.3, 0.4) is 0 Å². The average molecular weight is 459 g/mol. The van der Waals surface area contributed by atoms with E-state index < -0.39 is 10.0 Å². The summed E-state index contributed by atoms with van der Waals surface area (Å²) in [6.45, 7) is 1.97. The second kappa shape index (κ2) is 8.37. The van der Waals surface area contributed by atoms with Crippen LogP contribution in [0.1, 0.15) is 17.7 Å². The fourth-order valence-corrected chi connectivity index (χ4v) is 5.50. The molecular formula is C21H22N4O4S2. The Kier molecular flexibility index (Phi) is 5.78. The van der Waals surface area contributed by atoms with Gasteiger partial charge in [0.05, 0.1) is 18.0 Å². The van der Waals surface area contributed by atoms with E-state index in [-0.39, 0.29) is 16.0 Å². The summed E-state index contributed by atoms with van der Waals surface area (Å²) in [6.07, 6.45) is 2.81. The summed E-state index contributed by atoms with van der Waals surface area (Å²) in [5.41, 5.74) is 3.05. The SMILES string of the molecule is Cc1nc(N(C)C(=O)C2CCOc3cc(-c4ccccn4)ccc3C2)sc1S(N)(=O)=O. The van der Waals surface area contributed by atoms with Crippen molar-refractivity contribution in [2.45, 2.75) is 24.0 Å². The number of primary sulfonamides is 1. The van der Waals surface area contributed by atoms with E-state index >= 15 is 0 Å². The van der Waals surface area contributed by atoms with Gasteiger partial charge in [-0.1, -0.05) is 29.5 Å². The Morgan fingerprint density at radius 2 is 2.10 bits per heavy atom. The fourth-order valence-electron chi connectivity index (χ4n) is 3.58. The Morgan fingerprint density at radius 1 is 1.29 bits per heavy atom. The highest BCUT2D eigenvalue weighted by Crippen LogP contribution is 2.34. The van der Waals surface area contributed by atoms with Gasteiger partial charge in [0.15, 0.2) is 9.34 Å². The van der Waals surface area contributed by atoms with Crippen LogP contribution in [0.2, 0.25) is 0 Å². The van der Waals surface area contributed by atoms with Gasteiger partial charge in [0.2, 0.25) is 15.9 Å². The number of rotatable bonds is 4. The van der Waals surface area contributed by atoms with E-state index in [1.54, 1.807) is 20.2 Å². The van der Waals surface area contributed by atoms with Gasteiger partial charge in [-0.3, -0.25) is 14.7 Å². The van der Waals surface area contributed by atoms with Gasteiger partial charge in [-0.2, -0.15) is 0 Å². The molecule has 1 aliphatic rings. The Bertz CT molecular complexity index is 1230. The molecule has 1 amide bonds. The zero-order valence-electron chi connectivity index (χ0n) is 17.1. The van der Waals surface area contributed by atoms with E-state index in [4.69, 9.17) is 9.88 Å². The number of nitrogens with two attached hydrogens (primary N) is 1. The van der Waals surface area contributed by atoms with Gasteiger partial charge in [-0.25, -0.2) is 18.5 Å². The van der Waals surface area contributed by atoms with E-state index in [0.29, 0.717) is 30.3 Å². The summed E-state index contributed by atoms with van der Waals surface area (Å²) in [7, 11) is -2.28. The maximum Gasteiger partial charge on any atom is 0.249 e. The van der Waals surface area contributed by atoms with E-state index in [2.05, 4.69) is 9.97 Å². The van der Waals surface area contributed by atoms with E-state index in [9.17, 15) is 13.2 Å². The molecule has 3 aromatic rings. The van der Waals surface area contributed by atoms with Gasteiger partial charge in [0, 0.05) is 24.7 Å². The van der Waals surface area contributed by atoms with Crippen LogP contribution in [-0.4, -0.2) is 37.9 Å². The first kappa shape index (κ1) is 21.4. The molecule has 31 heavy (non-hydrogen) atoms. The number of carbonyl (C=O) groups excluding carboxylic acids is 1. The van der Waals surface area contributed by atoms with Crippen LogP contribution in [-0.2, 0) is 21.2 Å². The number of benzene rings is 1. The Morgan fingerprint density at radius 3 is 2.77 bits per heavy atom. The molecule has 0 fully saturated rings. The molecule has 0 saturated carbocycles. The summed E-state index contributed by atoms with van der Waals surface area (Å²) in [4.78, 5) is 23.2. The lowest BCUT2D eigenvalue weighted by atomic mass is 9.94. The Hall–Kier alpha value is -2.82. The standard InChI is InChI=1S/C21H22N4O4S2/c1-13-20(31(22,27)28)30-21(24-13)25(2)19(26)16-8-10-29-18-12-14(6-7-15(18)11-16)17-5-3-4-9-23-17/h3-7,9,12,16H,8,10-11H2,1-2H3,(H2,22,27,28). The number of aromatic nitrogens is 2. The average Bonchev–Trinajstić information content (AvgIpc) is 3.03. The summed E-state index contributed by atoms with van der Waals surface area (Å²) in [5.74, 6) is 0.303. The number of hydrogen-bond donors (Lipinski definition) is 1. The van der Waals surface area contributed by atoms with Crippen molar-refractivity contribution in [3.63, 3.8) is 0 Å². The molecule has 2 aromatic heterocycles. The molecular weight excluding hydrogens is 436 g/mol. The molecule has 0 radical (unpaired) electrons. The van der Waals surface area contributed by atoms with Crippen molar-refractivity contribution in [2.75, 3.05) is 18.6 Å². The van der Waals surface area contributed by atoms with E-state index in [1.165, 1.54) is 4.90 Å². The summed E-state index contributed by atoms with van der Waals surface area (Å²) < 4.78 is 29.3. The highest BCUT2D eigenvalue weighted by molar-refractivity contribution is 7.91. The zero-order chi connectivity index (χ0) is 22.2. The Balaban J connectivity index is 1.56. The van der Waals surface area contributed by atoms with Crippen molar-refractivity contribution in [3.8, 4) is 17.0 Å². The van der Waals surface area contributed by atoms with Crippen LogP contribution in [0.15, 0.2) is 46.8 Å². The molecule has 0 bridgehead atoms. The van der Waals surface area contributed by atoms with Crippen molar-refractivity contribution in [2.24, 2.45) is 11.1 Å². The molecule has 0 spiro atoms. The minimum Gasteiger partial charge on any atom is -0.493 e. The van der Waals surface area contributed by atoms with Gasteiger partial charge >= 0.3 is 0 Å². The molecule has 1 aliphatic heterocycles. The number of nitrogens with zero attached hydrogens (tertiary/aromatic N) is 3. The maximum atomic E-state index is 13.2. The largest absolute Gasteiger partial charge is 0.493 e. The number of pyridine rings is 1. The van der Waals surface area contributed by atoms with Gasteiger partial charge in [0.1, 0.15) is 5.75 Å². The monoisotopic (exact) mass is 458 g/mol. The second-order valence-electron chi connectivity index (χ2n) is 7.39. The number of sulfonamides is 1. The molecule has 0 saturated heterocycles. The molecule has 0 aliphatic carbocycles. The minimum absolute atomic E-state index is 0.0289. The number of fused-ring (bicyclic) bond motifs is 1. The van der Waals surface area contributed by atoms with Gasteiger partial charge < -0.3 is 4.74 Å². The minimum atomic E-state index is -3.88. The molecule has 1 aromatic carbocycles. The first-order valence-electron chi connectivity index (χ1n) is 9.69. The van der Waals surface area contributed by atoms with Crippen LogP contribution in [0, 0.1) is 12.8 Å². The molecule has 1 unspecified atom stereocenters. The number of carbonyl (C=O) groups is 1. The third-order valence-corrected chi connectivity index (χ3v) is 7.97. The molecule has 3 heterocycles. The lowest BCUT2D eigenvalue weighted by Gasteiger charge is -2.20. The number of ether oxygens (including phenoxy) is 1. The lowest BCUT2D eigenvalue weighted by Crippen LogP contribution is -2.34.